The minimum absolute atomic E-state index is 0.0506. The van der Waals surface area contributed by atoms with Crippen molar-refractivity contribution in [2.24, 2.45) is 0 Å². The lowest BCUT2D eigenvalue weighted by Crippen LogP contribution is -2.32. The number of sulfonamides is 1. The highest BCUT2D eigenvalue weighted by atomic mass is 35.5. The first-order chi connectivity index (χ1) is 11.4. The van der Waals surface area contributed by atoms with E-state index in [-0.39, 0.29) is 16.5 Å². The lowest BCUT2D eigenvalue weighted by Gasteiger charge is -2.12. The average molecular weight is 371 g/mol. The van der Waals surface area contributed by atoms with E-state index >= 15 is 0 Å². The van der Waals surface area contributed by atoms with E-state index in [0.717, 1.165) is 0 Å². The first-order valence-electron chi connectivity index (χ1n) is 6.72. The van der Waals surface area contributed by atoms with E-state index < -0.39 is 21.7 Å². The molecule has 2 aromatic rings. The standard InChI is InChI=1S/C15H15ClN2O5S/c1-22-12-5-3-4-11(14(12)23-2)15(19)18-24(20,21)9-10-6-7-13(16)17-8-10/h3-8H,9H2,1-2H3,(H,18,19). The molecule has 0 aliphatic heterocycles. The second-order valence-corrected chi connectivity index (χ2v) is 6.83. The smallest absolute Gasteiger partial charge is 0.268 e. The van der Waals surface area contributed by atoms with Crippen LogP contribution < -0.4 is 14.2 Å². The van der Waals surface area contributed by atoms with Crippen molar-refractivity contribution in [1.29, 1.82) is 0 Å². The van der Waals surface area contributed by atoms with Gasteiger partial charge in [0.05, 0.1) is 25.5 Å². The molecule has 128 valence electrons. The Morgan fingerprint density at radius 2 is 1.96 bits per heavy atom. The molecule has 0 spiro atoms. The number of amides is 1. The number of pyridine rings is 1. The Labute approximate surface area is 144 Å². The van der Waals surface area contributed by atoms with Gasteiger partial charge in [0.25, 0.3) is 5.91 Å². The second-order valence-electron chi connectivity index (χ2n) is 4.72. The summed E-state index contributed by atoms with van der Waals surface area (Å²) in [5.74, 6) is -0.743. The van der Waals surface area contributed by atoms with Gasteiger partial charge in [-0.25, -0.2) is 18.1 Å². The summed E-state index contributed by atoms with van der Waals surface area (Å²) in [4.78, 5) is 16.1. The highest BCUT2D eigenvalue weighted by Crippen LogP contribution is 2.30. The number of ether oxygens (including phenoxy) is 2. The van der Waals surface area contributed by atoms with Crippen LogP contribution in [-0.4, -0.2) is 33.5 Å². The van der Waals surface area contributed by atoms with Gasteiger partial charge in [0.15, 0.2) is 11.5 Å². The van der Waals surface area contributed by atoms with Crippen molar-refractivity contribution in [2.45, 2.75) is 5.75 Å². The summed E-state index contributed by atoms with van der Waals surface area (Å²) in [6.45, 7) is 0. The number of benzene rings is 1. The summed E-state index contributed by atoms with van der Waals surface area (Å²) in [7, 11) is -1.13. The monoisotopic (exact) mass is 370 g/mol. The van der Waals surface area contributed by atoms with Gasteiger partial charge >= 0.3 is 0 Å². The molecule has 0 fully saturated rings. The predicted octanol–water partition coefficient (Wildman–Crippen LogP) is 2.01. The van der Waals surface area contributed by atoms with Gasteiger partial charge in [0, 0.05) is 6.20 Å². The maximum Gasteiger partial charge on any atom is 0.268 e. The number of halogens is 1. The van der Waals surface area contributed by atoms with Crippen molar-refractivity contribution in [1.82, 2.24) is 9.71 Å². The van der Waals surface area contributed by atoms with Gasteiger partial charge < -0.3 is 9.47 Å². The van der Waals surface area contributed by atoms with E-state index in [2.05, 4.69) is 4.98 Å². The number of aromatic nitrogens is 1. The van der Waals surface area contributed by atoms with Crippen LogP contribution in [0.4, 0.5) is 0 Å². The van der Waals surface area contributed by atoms with Crippen LogP contribution in [-0.2, 0) is 15.8 Å². The maximum atomic E-state index is 12.3. The molecule has 24 heavy (non-hydrogen) atoms. The maximum absolute atomic E-state index is 12.3. The highest BCUT2D eigenvalue weighted by Gasteiger charge is 2.21. The number of carbonyl (C=O) groups is 1. The van der Waals surface area contributed by atoms with Gasteiger partial charge in [-0.15, -0.1) is 0 Å². The fraction of sp³-hybridized carbons (Fsp3) is 0.200. The van der Waals surface area contributed by atoms with E-state index in [1.165, 1.54) is 38.6 Å². The lowest BCUT2D eigenvalue weighted by atomic mass is 10.2. The molecule has 2 rings (SSSR count). The summed E-state index contributed by atoms with van der Waals surface area (Å²) < 4.78 is 36.5. The Hall–Kier alpha value is -2.32. The number of hydrogen-bond donors (Lipinski definition) is 1. The molecule has 0 saturated carbocycles. The van der Waals surface area contributed by atoms with Crippen LogP contribution in [0.2, 0.25) is 5.15 Å². The lowest BCUT2D eigenvalue weighted by molar-refractivity contribution is 0.0977. The molecule has 9 heteroatoms. The summed E-state index contributed by atoms with van der Waals surface area (Å²) in [5, 5.41) is 0.251. The van der Waals surface area contributed by atoms with Crippen LogP contribution in [0, 0.1) is 0 Å². The molecule has 0 unspecified atom stereocenters. The average Bonchev–Trinajstić information content (AvgIpc) is 2.55. The SMILES string of the molecule is COc1cccc(C(=O)NS(=O)(=O)Cc2ccc(Cl)nc2)c1OC. The van der Waals surface area contributed by atoms with Crippen LogP contribution in [0.3, 0.4) is 0 Å². The largest absolute Gasteiger partial charge is 0.493 e. The molecule has 1 N–H and O–H groups in total. The molecule has 0 saturated heterocycles. The van der Waals surface area contributed by atoms with Crippen molar-refractivity contribution in [3.05, 3.63) is 52.8 Å². The number of nitrogens with one attached hydrogen (secondary N) is 1. The molecule has 1 heterocycles. The first-order valence-corrected chi connectivity index (χ1v) is 8.75. The first kappa shape index (κ1) is 18.0. The fourth-order valence-electron chi connectivity index (χ4n) is 2.01. The Morgan fingerprint density at radius 1 is 1.21 bits per heavy atom. The third-order valence-corrected chi connectivity index (χ3v) is 4.47. The van der Waals surface area contributed by atoms with E-state index in [1.807, 2.05) is 4.72 Å². The van der Waals surface area contributed by atoms with Crippen LogP contribution in [0.25, 0.3) is 0 Å². The molecule has 1 aromatic heterocycles. The van der Waals surface area contributed by atoms with Crippen molar-refractivity contribution in [2.75, 3.05) is 14.2 Å². The molecule has 0 aliphatic rings. The van der Waals surface area contributed by atoms with Gasteiger partial charge in [-0.05, 0) is 23.8 Å². The van der Waals surface area contributed by atoms with Gasteiger partial charge in [-0.1, -0.05) is 23.7 Å². The van der Waals surface area contributed by atoms with Gasteiger partial charge in [-0.3, -0.25) is 4.79 Å². The Morgan fingerprint density at radius 3 is 2.54 bits per heavy atom. The fourth-order valence-corrected chi connectivity index (χ4v) is 3.20. The quantitative estimate of drug-likeness (QED) is 0.781. The number of rotatable bonds is 6. The zero-order valence-electron chi connectivity index (χ0n) is 12.9. The number of hydrogen-bond acceptors (Lipinski definition) is 6. The summed E-state index contributed by atoms with van der Waals surface area (Å²) >= 11 is 5.65. The molecule has 0 atom stereocenters. The van der Waals surface area contributed by atoms with E-state index in [4.69, 9.17) is 21.1 Å². The molecule has 0 bridgehead atoms. The van der Waals surface area contributed by atoms with E-state index in [0.29, 0.717) is 11.3 Å². The van der Waals surface area contributed by atoms with Crippen LogP contribution in [0.5, 0.6) is 11.5 Å². The van der Waals surface area contributed by atoms with Crippen LogP contribution in [0.15, 0.2) is 36.5 Å². The minimum Gasteiger partial charge on any atom is -0.493 e. The Balaban J connectivity index is 2.21. The third kappa shape index (κ3) is 4.36. The van der Waals surface area contributed by atoms with Crippen LogP contribution >= 0.6 is 11.6 Å². The number of carbonyl (C=O) groups excluding carboxylic acids is 1. The summed E-state index contributed by atoms with van der Waals surface area (Å²) in [6, 6.07) is 7.59. The number of methoxy groups -OCH3 is 2. The molecule has 0 radical (unpaired) electrons. The second kappa shape index (κ2) is 7.50. The number of para-hydroxylation sites is 1. The van der Waals surface area contributed by atoms with Crippen molar-refractivity contribution < 1.29 is 22.7 Å². The zero-order chi connectivity index (χ0) is 17.7. The molecule has 0 aliphatic carbocycles. The topological polar surface area (TPSA) is 94.6 Å². The molecule has 1 aromatic carbocycles. The molecular formula is C15H15ClN2O5S. The van der Waals surface area contributed by atoms with Gasteiger partial charge in [0.2, 0.25) is 10.0 Å². The van der Waals surface area contributed by atoms with Gasteiger partial charge in [0.1, 0.15) is 5.15 Å². The van der Waals surface area contributed by atoms with E-state index in [9.17, 15) is 13.2 Å². The summed E-state index contributed by atoms with van der Waals surface area (Å²) in [5.41, 5.74) is 0.451. The third-order valence-electron chi connectivity index (χ3n) is 3.04. The van der Waals surface area contributed by atoms with Crippen LogP contribution in [0.1, 0.15) is 15.9 Å². The molecule has 7 nitrogen and oxygen atoms in total. The van der Waals surface area contributed by atoms with Crippen molar-refractivity contribution in [3.8, 4) is 11.5 Å². The van der Waals surface area contributed by atoms with Crippen molar-refractivity contribution in [3.63, 3.8) is 0 Å². The molecular weight excluding hydrogens is 356 g/mol. The Bertz CT molecular complexity index is 837. The minimum atomic E-state index is -3.92. The normalized spacial score (nSPS) is 11.0. The zero-order valence-corrected chi connectivity index (χ0v) is 14.5. The summed E-state index contributed by atoms with van der Waals surface area (Å²) in [6.07, 6.45) is 1.33. The highest BCUT2D eigenvalue weighted by molar-refractivity contribution is 7.89. The van der Waals surface area contributed by atoms with E-state index in [1.54, 1.807) is 12.1 Å². The Kier molecular flexibility index (Phi) is 5.63. The number of nitrogens with zero attached hydrogens (tertiary/aromatic N) is 1. The van der Waals surface area contributed by atoms with Crippen molar-refractivity contribution >= 4 is 27.5 Å². The van der Waals surface area contributed by atoms with Gasteiger partial charge in [-0.2, -0.15) is 0 Å². The predicted molar refractivity (Wildman–Crippen MR) is 88.9 cm³/mol. The molecule has 1 amide bonds.